The number of rotatable bonds is 3. The first-order valence-electron chi connectivity index (χ1n) is 6.67. The van der Waals surface area contributed by atoms with Crippen molar-refractivity contribution in [1.29, 1.82) is 0 Å². The molecule has 2 aromatic rings. The third-order valence-electron chi connectivity index (χ3n) is 3.39. The Kier molecular flexibility index (Phi) is 3.93. The topological polar surface area (TPSA) is 42.2 Å². The van der Waals surface area contributed by atoms with Crippen molar-refractivity contribution in [2.45, 2.75) is 33.2 Å². The van der Waals surface area contributed by atoms with Crippen LogP contribution in [0.15, 0.2) is 35.3 Å². The summed E-state index contributed by atoms with van der Waals surface area (Å²) in [6.07, 6.45) is 1.63. The summed E-state index contributed by atoms with van der Waals surface area (Å²) in [5, 5.41) is 9.97. The summed E-state index contributed by atoms with van der Waals surface area (Å²) in [5.41, 5.74) is 1.10. The van der Waals surface area contributed by atoms with Gasteiger partial charge in [-0.15, -0.1) is 0 Å². The van der Waals surface area contributed by atoms with E-state index < -0.39 is 5.82 Å². The van der Waals surface area contributed by atoms with Crippen molar-refractivity contribution in [1.82, 2.24) is 4.57 Å². The summed E-state index contributed by atoms with van der Waals surface area (Å²) in [6.45, 7) is 6.21. The summed E-state index contributed by atoms with van der Waals surface area (Å²) in [7, 11) is 0. The fraction of sp³-hybridized carbons (Fsp3) is 0.312. The van der Waals surface area contributed by atoms with Crippen molar-refractivity contribution in [3.63, 3.8) is 0 Å². The van der Waals surface area contributed by atoms with E-state index in [9.17, 15) is 14.3 Å². The first-order chi connectivity index (χ1) is 9.43. The molecule has 1 aromatic carbocycles. The standard InChI is InChI=1S/C16H18FNO2/c1-4-18-6-5-11(7-16(18)20)13-9-15(19)12(10(2)3)8-14(13)17/h5-10,19H,4H2,1-3H3. The highest BCUT2D eigenvalue weighted by molar-refractivity contribution is 5.66. The van der Waals surface area contributed by atoms with Gasteiger partial charge in [-0.1, -0.05) is 13.8 Å². The molecule has 0 unspecified atom stereocenters. The van der Waals surface area contributed by atoms with E-state index in [2.05, 4.69) is 0 Å². The van der Waals surface area contributed by atoms with Crippen LogP contribution in [-0.4, -0.2) is 9.67 Å². The number of pyridine rings is 1. The highest BCUT2D eigenvalue weighted by Crippen LogP contribution is 2.32. The van der Waals surface area contributed by atoms with E-state index in [-0.39, 0.29) is 22.8 Å². The predicted molar refractivity (Wildman–Crippen MR) is 77.5 cm³/mol. The Labute approximate surface area is 117 Å². The zero-order valence-corrected chi connectivity index (χ0v) is 11.9. The molecule has 106 valence electrons. The lowest BCUT2D eigenvalue weighted by Gasteiger charge is -2.12. The normalized spacial score (nSPS) is 11.1. The molecule has 20 heavy (non-hydrogen) atoms. The van der Waals surface area contributed by atoms with Crippen LogP contribution >= 0.6 is 0 Å². The van der Waals surface area contributed by atoms with Gasteiger partial charge >= 0.3 is 0 Å². The quantitative estimate of drug-likeness (QED) is 0.931. The average molecular weight is 275 g/mol. The molecule has 0 saturated carbocycles. The predicted octanol–water partition coefficient (Wildman–Crippen LogP) is 3.50. The summed E-state index contributed by atoms with van der Waals surface area (Å²) < 4.78 is 15.7. The smallest absolute Gasteiger partial charge is 0.251 e. The Morgan fingerprint density at radius 3 is 2.55 bits per heavy atom. The van der Waals surface area contributed by atoms with Crippen LogP contribution in [0.5, 0.6) is 5.75 Å². The van der Waals surface area contributed by atoms with Crippen LogP contribution in [0.2, 0.25) is 0 Å². The highest BCUT2D eigenvalue weighted by atomic mass is 19.1. The van der Waals surface area contributed by atoms with Gasteiger partial charge in [-0.3, -0.25) is 4.79 Å². The maximum atomic E-state index is 14.2. The first kappa shape index (κ1) is 14.3. The monoisotopic (exact) mass is 275 g/mol. The molecule has 0 aliphatic heterocycles. The number of hydrogen-bond acceptors (Lipinski definition) is 2. The Morgan fingerprint density at radius 1 is 1.30 bits per heavy atom. The van der Waals surface area contributed by atoms with E-state index in [1.54, 1.807) is 12.3 Å². The van der Waals surface area contributed by atoms with E-state index in [1.807, 2.05) is 20.8 Å². The fourth-order valence-corrected chi connectivity index (χ4v) is 2.20. The lowest BCUT2D eigenvalue weighted by atomic mass is 9.97. The minimum Gasteiger partial charge on any atom is -0.508 e. The Hall–Kier alpha value is -2.10. The van der Waals surface area contributed by atoms with Crippen LogP contribution in [0.3, 0.4) is 0 Å². The van der Waals surface area contributed by atoms with Gasteiger partial charge in [-0.25, -0.2) is 4.39 Å². The van der Waals surface area contributed by atoms with Crippen molar-refractivity contribution in [2.24, 2.45) is 0 Å². The van der Waals surface area contributed by atoms with Gasteiger partial charge in [0.2, 0.25) is 0 Å². The number of nitrogens with zero attached hydrogens (tertiary/aromatic N) is 1. The summed E-state index contributed by atoms with van der Waals surface area (Å²) in [5.74, 6) is -0.345. The second-order valence-electron chi connectivity index (χ2n) is 5.09. The molecule has 0 fully saturated rings. The minimum atomic E-state index is -0.430. The minimum absolute atomic E-state index is 0.0339. The van der Waals surface area contributed by atoms with Crippen LogP contribution in [0.1, 0.15) is 32.3 Å². The van der Waals surface area contributed by atoms with Crippen LogP contribution in [0.4, 0.5) is 4.39 Å². The number of phenolic OH excluding ortho intramolecular Hbond substituents is 1. The number of hydrogen-bond donors (Lipinski definition) is 1. The third-order valence-corrected chi connectivity index (χ3v) is 3.39. The van der Waals surface area contributed by atoms with Gasteiger partial charge in [-0.05, 0) is 42.2 Å². The van der Waals surface area contributed by atoms with Gasteiger partial charge in [0.05, 0.1) is 0 Å². The number of halogens is 1. The van der Waals surface area contributed by atoms with Crippen LogP contribution in [-0.2, 0) is 6.54 Å². The maximum Gasteiger partial charge on any atom is 0.251 e. The summed E-state index contributed by atoms with van der Waals surface area (Å²) in [6, 6.07) is 5.78. The Bertz CT molecular complexity index is 689. The second-order valence-corrected chi connectivity index (χ2v) is 5.09. The SMILES string of the molecule is CCn1ccc(-c2cc(O)c(C(C)C)cc2F)cc1=O. The van der Waals surface area contributed by atoms with Crippen molar-refractivity contribution < 1.29 is 9.50 Å². The van der Waals surface area contributed by atoms with Gasteiger partial charge in [0.25, 0.3) is 5.56 Å². The molecular weight excluding hydrogens is 257 g/mol. The van der Waals surface area contributed by atoms with Gasteiger partial charge < -0.3 is 9.67 Å². The molecule has 0 spiro atoms. The molecule has 0 aliphatic carbocycles. The zero-order chi connectivity index (χ0) is 14.9. The van der Waals surface area contributed by atoms with Crippen molar-refractivity contribution >= 4 is 0 Å². The lowest BCUT2D eigenvalue weighted by Crippen LogP contribution is -2.17. The Balaban J connectivity index is 2.56. The van der Waals surface area contributed by atoms with Gasteiger partial charge in [-0.2, -0.15) is 0 Å². The number of aromatic hydroxyl groups is 1. The van der Waals surface area contributed by atoms with E-state index in [4.69, 9.17) is 0 Å². The molecule has 0 bridgehead atoms. The largest absolute Gasteiger partial charge is 0.508 e. The zero-order valence-electron chi connectivity index (χ0n) is 11.9. The molecule has 1 heterocycles. The molecule has 0 saturated heterocycles. The van der Waals surface area contributed by atoms with E-state index in [0.29, 0.717) is 17.7 Å². The molecule has 0 amide bonds. The third kappa shape index (κ3) is 2.59. The summed E-state index contributed by atoms with van der Waals surface area (Å²) >= 11 is 0. The molecule has 0 radical (unpaired) electrons. The lowest BCUT2D eigenvalue weighted by molar-refractivity contribution is 0.462. The highest BCUT2D eigenvalue weighted by Gasteiger charge is 2.13. The molecule has 1 aromatic heterocycles. The van der Waals surface area contributed by atoms with Crippen molar-refractivity contribution in [3.8, 4) is 16.9 Å². The fourth-order valence-electron chi connectivity index (χ4n) is 2.20. The molecule has 0 aliphatic rings. The molecule has 1 N–H and O–H groups in total. The number of aryl methyl sites for hydroxylation is 1. The summed E-state index contributed by atoms with van der Waals surface area (Å²) in [4.78, 5) is 11.8. The average Bonchev–Trinajstić information content (AvgIpc) is 2.40. The van der Waals surface area contributed by atoms with Crippen molar-refractivity contribution in [3.05, 3.63) is 52.2 Å². The van der Waals surface area contributed by atoms with Gasteiger partial charge in [0, 0.05) is 24.4 Å². The van der Waals surface area contributed by atoms with E-state index >= 15 is 0 Å². The number of benzene rings is 1. The molecule has 4 heteroatoms. The Morgan fingerprint density at radius 2 is 2.00 bits per heavy atom. The second kappa shape index (κ2) is 5.49. The number of aromatic nitrogens is 1. The molecule has 3 nitrogen and oxygen atoms in total. The van der Waals surface area contributed by atoms with Crippen LogP contribution in [0.25, 0.3) is 11.1 Å². The van der Waals surface area contributed by atoms with E-state index in [1.165, 1.54) is 22.8 Å². The van der Waals surface area contributed by atoms with E-state index in [0.717, 1.165) is 0 Å². The first-order valence-corrected chi connectivity index (χ1v) is 6.67. The van der Waals surface area contributed by atoms with Gasteiger partial charge in [0.15, 0.2) is 0 Å². The molecule has 0 atom stereocenters. The van der Waals surface area contributed by atoms with Crippen molar-refractivity contribution in [2.75, 3.05) is 0 Å². The van der Waals surface area contributed by atoms with Gasteiger partial charge in [0.1, 0.15) is 11.6 Å². The van der Waals surface area contributed by atoms with Crippen LogP contribution < -0.4 is 5.56 Å². The molecular formula is C16H18FNO2. The number of phenols is 1. The van der Waals surface area contributed by atoms with Crippen LogP contribution in [0, 0.1) is 5.82 Å². The molecule has 2 rings (SSSR count). The maximum absolute atomic E-state index is 14.2.